The van der Waals surface area contributed by atoms with E-state index in [2.05, 4.69) is 10.6 Å². The number of rotatable bonds is 4. The molecule has 1 saturated heterocycles. The lowest BCUT2D eigenvalue weighted by Gasteiger charge is -2.24. The molecule has 0 unspecified atom stereocenters. The normalized spacial score (nSPS) is 18.4. The van der Waals surface area contributed by atoms with Crippen molar-refractivity contribution in [2.45, 2.75) is 18.9 Å². The summed E-state index contributed by atoms with van der Waals surface area (Å²) in [5.41, 5.74) is -0.0341. The van der Waals surface area contributed by atoms with Crippen molar-refractivity contribution in [3.63, 3.8) is 0 Å². The standard InChI is InChI=1S/C14H19FN2O3/c1-19-12-6-10(11(15)7-13(12)20-2)14(18)17-9-4-3-5-16-8-9/h6-7,9,16H,3-5,8H2,1-2H3,(H,17,18)/t9-/m0/s1. The van der Waals surface area contributed by atoms with Gasteiger partial charge in [-0.2, -0.15) is 0 Å². The first-order chi connectivity index (χ1) is 9.65. The summed E-state index contributed by atoms with van der Waals surface area (Å²) in [4.78, 5) is 12.1. The first kappa shape index (κ1) is 14.6. The van der Waals surface area contributed by atoms with Gasteiger partial charge in [-0.25, -0.2) is 4.39 Å². The lowest BCUT2D eigenvalue weighted by Crippen LogP contribution is -2.45. The van der Waals surface area contributed by atoms with E-state index in [4.69, 9.17) is 9.47 Å². The second-order valence-corrected chi connectivity index (χ2v) is 4.70. The molecule has 1 fully saturated rings. The third kappa shape index (κ3) is 3.19. The van der Waals surface area contributed by atoms with Crippen LogP contribution in [0.2, 0.25) is 0 Å². The molecule has 6 heteroatoms. The number of amides is 1. The van der Waals surface area contributed by atoms with Gasteiger partial charge in [-0.15, -0.1) is 0 Å². The molecule has 110 valence electrons. The van der Waals surface area contributed by atoms with E-state index in [1.807, 2.05) is 0 Å². The van der Waals surface area contributed by atoms with Crippen molar-refractivity contribution in [3.8, 4) is 11.5 Å². The monoisotopic (exact) mass is 282 g/mol. The van der Waals surface area contributed by atoms with E-state index in [9.17, 15) is 9.18 Å². The molecule has 20 heavy (non-hydrogen) atoms. The third-order valence-electron chi connectivity index (χ3n) is 3.35. The first-order valence-corrected chi connectivity index (χ1v) is 6.58. The number of methoxy groups -OCH3 is 2. The van der Waals surface area contributed by atoms with E-state index in [1.54, 1.807) is 0 Å². The molecule has 0 spiro atoms. The number of nitrogens with one attached hydrogen (secondary N) is 2. The van der Waals surface area contributed by atoms with Gasteiger partial charge in [0.1, 0.15) is 5.82 Å². The van der Waals surface area contributed by atoms with Gasteiger partial charge in [-0.05, 0) is 25.5 Å². The van der Waals surface area contributed by atoms with Gasteiger partial charge >= 0.3 is 0 Å². The van der Waals surface area contributed by atoms with Crippen molar-refractivity contribution in [2.75, 3.05) is 27.3 Å². The van der Waals surface area contributed by atoms with Gasteiger partial charge in [0.05, 0.1) is 19.8 Å². The summed E-state index contributed by atoms with van der Waals surface area (Å²) >= 11 is 0. The maximum Gasteiger partial charge on any atom is 0.254 e. The molecule has 1 aliphatic heterocycles. The zero-order chi connectivity index (χ0) is 14.5. The largest absolute Gasteiger partial charge is 0.493 e. The number of carbonyl (C=O) groups excluding carboxylic acids is 1. The summed E-state index contributed by atoms with van der Waals surface area (Å²) in [7, 11) is 2.87. The van der Waals surface area contributed by atoms with Gasteiger partial charge in [0.2, 0.25) is 0 Å². The number of hydrogen-bond acceptors (Lipinski definition) is 4. The predicted octanol–water partition coefficient (Wildman–Crippen LogP) is 1.32. The van der Waals surface area contributed by atoms with Gasteiger partial charge in [0, 0.05) is 18.7 Å². The minimum atomic E-state index is -0.621. The van der Waals surface area contributed by atoms with Crippen LogP contribution in [0.5, 0.6) is 11.5 Å². The Morgan fingerprint density at radius 3 is 2.65 bits per heavy atom. The molecule has 2 rings (SSSR count). The second kappa shape index (κ2) is 6.56. The van der Waals surface area contributed by atoms with Gasteiger partial charge in [0.25, 0.3) is 5.91 Å². The highest BCUT2D eigenvalue weighted by Gasteiger charge is 2.21. The molecule has 1 aromatic carbocycles. The molecule has 1 amide bonds. The average molecular weight is 282 g/mol. The number of halogens is 1. The molecule has 0 saturated carbocycles. The molecule has 1 atom stereocenters. The Kier molecular flexibility index (Phi) is 4.79. The fraction of sp³-hybridized carbons (Fsp3) is 0.500. The summed E-state index contributed by atoms with van der Waals surface area (Å²) in [6.45, 7) is 1.66. The molecular weight excluding hydrogens is 263 g/mol. The van der Waals surface area contributed by atoms with Crippen molar-refractivity contribution < 1.29 is 18.7 Å². The highest BCUT2D eigenvalue weighted by Crippen LogP contribution is 2.29. The highest BCUT2D eigenvalue weighted by molar-refractivity contribution is 5.95. The van der Waals surface area contributed by atoms with Crippen molar-refractivity contribution in [2.24, 2.45) is 0 Å². The third-order valence-corrected chi connectivity index (χ3v) is 3.35. The summed E-state index contributed by atoms with van der Waals surface area (Å²) < 4.78 is 24.0. The summed E-state index contributed by atoms with van der Waals surface area (Å²) in [6, 6.07) is 2.55. The van der Waals surface area contributed by atoms with Crippen LogP contribution in [0.1, 0.15) is 23.2 Å². The number of ether oxygens (including phenoxy) is 2. The average Bonchev–Trinajstić information content (AvgIpc) is 2.47. The molecule has 2 N–H and O–H groups in total. The van der Waals surface area contributed by atoms with Crippen LogP contribution in [-0.2, 0) is 0 Å². The van der Waals surface area contributed by atoms with Crippen LogP contribution in [0.15, 0.2) is 12.1 Å². The Hall–Kier alpha value is -1.82. The van der Waals surface area contributed by atoms with Crippen LogP contribution in [0.3, 0.4) is 0 Å². The predicted molar refractivity (Wildman–Crippen MR) is 72.9 cm³/mol. The Morgan fingerprint density at radius 1 is 1.35 bits per heavy atom. The molecule has 1 aliphatic rings. The fourth-order valence-electron chi connectivity index (χ4n) is 2.27. The van der Waals surface area contributed by atoms with Crippen LogP contribution in [0.4, 0.5) is 4.39 Å². The van der Waals surface area contributed by atoms with Crippen LogP contribution < -0.4 is 20.1 Å². The minimum absolute atomic E-state index is 0.0312. The lowest BCUT2D eigenvalue weighted by molar-refractivity contribution is 0.0926. The van der Waals surface area contributed by atoms with Crippen molar-refractivity contribution in [1.82, 2.24) is 10.6 Å². The minimum Gasteiger partial charge on any atom is -0.493 e. The van der Waals surface area contributed by atoms with Crippen LogP contribution in [0.25, 0.3) is 0 Å². The van der Waals surface area contributed by atoms with Crippen molar-refractivity contribution >= 4 is 5.91 Å². The van der Waals surface area contributed by atoms with Crippen LogP contribution in [0, 0.1) is 5.82 Å². The Balaban J connectivity index is 2.16. The zero-order valence-corrected chi connectivity index (χ0v) is 11.7. The number of carbonyl (C=O) groups is 1. The molecule has 1 aromatic rings. The summed E-state index contributed by atoms with van der Waals surface area (Å²) in [6.07, 6.45) is 1.90. The Bertz CT molecular complexity index is 488. The number of piperidine rings is 1. The SMILES string of the molecule is COc1cc(F)c(C(=O)N[C@H]2CCCNC2)cc1OC. The summed E-state index contributed by atoms with van der Waals surface area (Å²) in [5, 5.41) is 6.02. The number of hydrogen-bond donors (Lipinski definition) is 2. The molecule has 1 heterocycles. The molecule has 0 bridgehead atoms. The molecule has 0 aromatic heterocycles. The van der Waals surface area contributed by atoms with E-state index in [0.717, 1.165) is 25.5 Å². The van der Waals surface area contributed by atoms with E-state index in [0.29, 0.717) is 12.3 Å². The fourth-order valence-corrected chi connectivity index (χ4v) is 2.27. The maximum atomic E-state index is 13.9. The first-order valence-electron chi connectivity index (χ1n) is 6.58. The topological polar surface area (TPSA) is 59.6 Å². The Labute approximate surface area is 117 Å². The van der Waals surface area contributed by atoms with E-state index >= 15 is 0 Å². The van der Waals surface area contributed by atoms with Gasteiger partial charge in [0.15, 0.2) is 11.5 Å². The van der Waals surface area contributed by atoms with Gasteiger partial charge in [-0.1, -0.05) is 0 Å². The van der Waals surface area contributed by atoms with Gasteiger partial charge < -0.3 is 20.1 Å². The van der Waals surface area contributed by atoms with Crippen molar-refractivity contribution in [1.29, 1.82) is 0 Å². The zero-order valence-electron chi connectivity index (χ0n) is 11.7. The van der Waals surface area contributed by atoms with E-state index < -0.39 is 11.7 Å². The molecular formula is C14H19FN2O3. The second-order valence-electron chi connectivity index (χ2n) is 4.70. The maximum absolute atomic E-state index is 13.9. The molecule has 5 nitrogen and oxygen atoms in total. The smallest absolute Gasteiger partial charge is 0.254 e. The molecule has 0 aliphatic carbocycles. The van der Waals surface area contributed by atoms with E-state index in [-0.39, 0.29) is 17.4 Å². The van der Waals surface area contributed by atoms with Crippen LogP contribution in [-0.4, -0.2) is 39.3 Å². The lowest BCUT2D eigenvalue weighted by atomic mass is 10.1. The quantitative estimate of drug-likeness (QED) is 0.874. The van der Waals surface area contributed by atoms with Crippen molar-refractivity contribution in [3.05, 3.63) is 23.5 Å². The highest BCUT2D eigenvalue weighted by atomic mass is 19.1. The Morgan fingerprint density at radius 2 is 2.05 bits per heavy atom. The van der Waals surface area contributed by atoms with Gasteiger partial charge in [-0.3, -0.25) is 4.79 Å². The number of benzene rings is 1. The molecule has 0 radical (unpaired) electrons. The van der Waals surface area contributed by atoms with Crippen LogP contribution >= 0.6 is 0 Å². The van der Waals surface area contributed by atoms with E-state index in [1.165, 1.54) is 20.3 Å². The summed E-state index contributed by atoms with van der Waals surface area (Å²) in [5.74, 6) is -0.456.